The Morgan fingerprint density at radius 2 is 1.46 bits per heavy atom. The van der Waals surface area contributed by atoms with E-state index in [2.05, 4.69) is 25.6 Å². The molecule has 7 heteroatoms. The number of amides is 2. The van der Waals surface area contributed by atoms with Gasteiger partial charge in [-0.15, -0.1) is 0 Å². The molecule has 1 heterocycles. The second kappa shape index (κ2) is 3.65. The van der Waals surface area contributed by atoms with Crippen LogP contribution < -0.4 is 10.6 Å². The van der Waals surface area contributed by atoms with Gasteiger partial charge in [-0.2, -0.15) is 0 Å². The predicted molar refractivity (Wildman–Crippen MR) is 41.1 cm³/mol. The Hall–Kier alpha value is -1.92. The Balaban J connectivity index is 3.02. The van der Waals surface area contributed by atoms with Crippen molar-refractivity contribution in [1.82, 2.24) is 20.9 Å². The molecule has 7 nitrogen and oxygen atoms in total. The molecule has 2 amide bonds. The molecule has 1 aromatic heterocycles. The summed E-state index contributed by atoms with van der Waals surface area (Å²) in [6.45, 7) is 0. The molecule has 70 valence electrons. The van der Waals surface area contributed by atoms with Gasteiger partial charge in [-0.25, -0.2) is 4.63 Å². The molecule has 2 N–H and O–H groups in total. The lowest BCUT2D eigenvalue weighted by Gasteiger charge is -1.95. The molecule has 13 heavy (non-hydrogen) atoms. The molecule has 0 aromatic carbocycles. The Morgan fingerprint density at radius 1 is 1.08 bits per heavy atom. The summed E-state index contributed by atoms with van der Waals surface area (Å²) in [4.78, 5) is 22.1. The van der Waals surface area contributed by atoms with Gasteiger partial charge in [0.15, 0.2) is 0 Å². The van der Waals surface area contributed by atoms with Crippen molar-refractivity contribution in [2.75, 3.05) is 14.1 Å². The maximum atomic E-state index is 11.1. The van der Waals surface area contributed by atoms with Gasteiger partial charge in [0, 0.05) is 14.1 Å². The van der Waals surface area contributed by atoms with Gasteiger partial charge in [-0.1, -0.05) is 0 Å². The van der Waals surface area contributed by atoms with Crippen LogP contribution in [0.3, 0.4) is 0 Å². The van der Waals surface area contributed by atoms with Gasteiger partial charge in [0.1, 0.15) is 0 Å². The summed E-state index contributed by atoms with van der Waals surface area (Å²) in [7, 11) is 2.84. The molecule has 1 rings (SSSR count). The number of aromatic nitrogens is 2. The lowest BCUT2D eigenvalue weighted by molar-refractivity contribution is 0.0924. The van der Waals surface area contributed by atoms with Crippen LogP contribution in [0, 0.1) is 0 Å². The third kappa shape index (κ3) is 1.63. The summed E-state index contributed by atoms with van der Waals surface area (Å²) in [5.74, 6) is -1.03. The average Bonchev–Trinajstić information content (AvgIpc) is 2.63. The van der Waals surface area contributed by atoms with Gasteiger partial charge in [-0.05, 0) is 10.3 Å². The summed E-state index contributed by atoms with van der Waals surface area (Å²) in [6.07, 6.45) is 0. The SMILES string of the molecule is CNC(=O)c1nonc1C(=O)NC. The largest absolute Gasteiger partial charge is 0.354 e. The quantitative estimate of drug-likeness (QED) is 0.601. The van der Waals surface area contributed by atoms with Crippen LogP contribution in [0.5, 0.6) is 0 Å². The first kappa shape index (κ1) is 9.17. The van der Waals surface area contributed by atoms with Crippen LogP contribution in [0.2, 0.25) is 0 Å². The van der Waals surface area contributed by atoms with Crippen LogP contribution in [0.1, 0.15) is 21.0 Å². The topological polar surface area (TPSA) is 97.1 Å². The monoisotopic (exact) mass is 184 g/mol. The van der Waals surface area contributed by atoms with Crippen LogP contribution in [0.15, 0.2) is 4.63 Å². The summed E-state index contributed by atoms with van der Waals surface area (Å²) >= 11 is 0. The van der Waals surface area contributed by atoms with E-state index in [9.17, 15) is 9.59 Å². The van der Waals surface area contributed by atoms with Crippen molar-refractivity contribution < 1.29 is 14.2 Å². The van der Waals surface area contributed by atoms with E-state index in [0.717, 1.165) is 0 Å². The third-order valence-electron chi connectivity index (χ3n) is 1.37. The van der Waals surface area contributed by atoms with E-state index in [1.807, 2.05) is 0 Å². The first-order valence-electron chi connectivity index (χ1n) is 3.47. The van der Waals surface area contributed by atoms with Crippen molar-refractivity contribution in [3.05, 3.63) is 11.4 Å². The molecule has 0 aliphatic rings. The van der Waals surface area contributed by atoms with Crippen LogP contribution in [-0.4, -0.2) is 36.2 Å². The van der Waals surface area contributed by atoms with Crippen LogP contribution >= 0.6 is 0 Å². The minimum atomic E-state index is -0.514. The van der Waals surface area contributed by atoms with Crippen molar-refractivity contribution >= 4 is 11.8 Å². The standard InChI is InChI=1S/C6H8N4O3/c1-7-5(11)3-4(6(12)8-2)10-13-9-3/h1-2H3,(H,7,11)(H,8,12). The van der Waals surface area contributed by atoms with Crippen LogP contribution in [0.25, 0.3) is 0 Å². The number of hydrogen-bond acceptors (Lipinski definition) is 5. The molecule has 0 bridgehead atoms. The fourth-order valence-electron chi connectivity index (χ4n) is 0.723. The molecule has 1 aromatic rings. The summed E-state index contributed by atoms with van der Waals surface area (Å²) in [5.41, 5.74) is -0.247. The third-order valence-corrected chi connectivity index (χ3v) is 1.37. The van der Waals surface area contributed by atoms with Crippen LogP contribution in [-0.2, 0) is 0 Å². The minimum Gasteiger partial charge on any atom is -0.354 e. The summed E-state index contributed by atoms with van der Waals surface area (Å²) in [5, 5.41) is 11.2. The highest BCUT2D eigenvalue weighted by atomic mass is 16.6. The fourth-order valence-corrected chi connectivity index (χ4v) is 0.723. The van der Waals surface area contributed by atoms with Crippen molar-refractivity contribution in [2.45, 2.75) is 0 Å². The fraction of sp³-hybridized carbons (Fsp3) is 0.333. The maximum Gasteiger partial charge on any atom is 0.275 e. The molecule has 0 saturated heterocycles. The van der Waals surface area contributed by atoms with Crippen molar-refractivity contribution in [2.24, 2.45) is 0 Å². The molecule has 0 unspecified atom stereocenters. The van der Waals surface area contributed by atoms with E-state index < -0.39 is 11.8 Å². The Labute approximate surface area is 73.5 Å². The highest BCUT2D eigenvalue weighted by molar-refractivity contribution is 6.04. The average molecular weight is 184 g/mol. The molecule has 0 aliphatic carbocycles. The zero-order chi connectivity index (χ0) is 9.84. The molecular weight excluding hydrogens is 176 g/mol. The van der Waals surface area contributed by atoms with Gasteiger partial charge in [0.2, 0.25) is 11.4 Å². The molecule has 0 fully saturated rings. The van der Waals surface area contributed by atoms with Gasteiger partial charge < -0.3 is 10.6 Å². The molecule has 0 radical (unpaired) electrons. The lowest BCUT2D eigenvalue weighted by atomic mass is 10.3. The smallest absolute Gasteiger partial charge is 0.275 e. The van der Waals surface area contributed by atoms with E-state index in [4.69, 9.17) is 0 Å². The zero-order valence-electron chi connectivity index (χ0n) is 7.12. The number of hydrogen-bond donors (Lipinski definition) is 2. The maximum absolute atomic E-state index is 11.1. The first-order chi connectivity index (χ1) is 6.20. The molecule has 0 saturated carbocycles. The van der Waals surface area contributed by atoms with E-state index in [-0.39, 0.29) is 11.4 Å². The zero-order valence-corrected chi connectivity index (χ0v) is 7.12. The molecular formula is C6H8N4O3. The normalized spacial score (nSPS) is 9.38. The van der Waals surface area contributed by atoms with E-state index in [1.165, 1.54) is 14.1 Å². The number of carbonyl (C=O) groups excluding carboxylic acids is 2. The van der Waals surface area contributed by atoms with Crippen molar-refractivity contribution in [1.29, 1.82) is 0 Å². The summed E-state index contributed by atoms with van der Waals surface area (Å²) < 4.78 is 4.27. The highest BCUT2D eigenvalue weighted by Gasteiger charge is 2.21. The molecule has 0 atom stereocenters. The number of rotatable bonds is 2. The van der Waals surface area contributed by atoms with E-state index >= 15 is 0 Å². The van der Waals surface area contributed by atoms with Gasteiger partial charge in [0.05, 0.1) is 0 Å². The first-order valence-corrected chi connectivity index (χ1v) is 3.47. The molecule has 0 spiro atoms. The number of nitrogens with one attached hydrogen (secondary N) is 2. The summed E-state index contributed by atoms with van der Waals surface area (Å²) in [6, 6.07) is 0. The van der Waals surface area contributed by atoms with Crippen molar-refractivity contribution in [3.63, 3.8) is 0 Å². The number of carbonyl (C=O) groups is 2. The Morgan fingerprint density at radius 3 is 1.77 bits per heavy atom. The van der Waals surface area contributed by atoms with Crippen molar-refractivity contribution in [3.8, 4) is 0 Å². The highest BCUT2D eigenvalue weighted by Crippen LogP contribution is 2.01. The van der Waals surface area contributed by atoms with Gasteiger partial charge in [-0.3, -0.25) is 9.59 Å². The van der Waals surface area contributed by atoms with Gasteiger partial charge in [0.25, 0.3) is 11.8 Å². The lowest BCUT2D eigenvalue weighted by Crippen LogP contribution is -2.25. The second-order valence-corrected chi connectivity index (χ2v) is 2.12. The van der Waals surface area contributed by atoms with Crippen LogP contribution in [0.4, 0.5) is 0 Å². The van der Waals surface area contributed by atoms with E-state index in [1.54, 1.807) is 0 Å². The number of nitrogens with zero attached hydrogens (tertiary/aromatic N) is 2. The molecule has 0 aliphatic heterocycles. The van der Waals surface area contributed by atoms with Gasteiger partial charge >= 0.3 is 0 Å². The predicted octanol–water partition coefficient (Wildman–Crippen LogP) is -1.21. The minimum absolute atomic E-state index is 0.123. The Kier molecular flexibility index (Phi) is 2.58. The second-order valence-electron chi connectivity index (χ2n) is 2.12. The Bertz CT molecular complexity index is 302. The van der Waals surface area contributed by atoms with E-state index in [0.29, 0.717) is 0 Å².